The summed E-state index contributed by atoms with van der Waals surface area (Å²) in [6.07, 6.45) is -1.78. The summed E-state index contributed by atoms with van der Waals surface area (Å²) in [4.78, 5) is 7.75. The van der Waals surface area contributed by atoms with Crippen LogP contribution in [-0.2, 0) is 6.42 Å². The first-order chi connectivity index (χ1) is 8.06. The van der Waals surface area contributed by atoms with Crippen LogP contribution in [0.4, 0.5) is 14.6 Å². The zero-order chi connectivity index (χ0) is 12.8. The molecule has 4 nitrogen and oxygen atoms in total. The molecule has 0 amide bonds. The molecule has 1 atom stereocenters. The Bertz CT molecular complexity index is 365. The minimum atomic E-state index is -2.78. The van der Waals surface area contributed by atoms with Gasteiger partial charge in [0.2, 0.25) is 0 Å². The third-order valence-corrected chi connectivity index (χ3v) is 2.49. The van der Waals surface area contributed by atoms with Gasteiger partial charge in [-0.15, -0.1) is 0 Å². The van der Waals surface area contributed by atoms with Gasteiger partial charge in [0.25, 0.3) is 6.43 Å². The largest absolute Gasteiger partial charge is 0.385 e. The second kappa shape index (κ2) is 6.66. The van der Waals surface area contributed by atoms with E-state index >= 15 is 0 Å². The molecule has 0 aliphatic carbocycles. The molecule has 0 aliphatic heterocycles. The summed E-state index contributed by atoms with van der Waals surface area (Å²) in [6, 6.07) is 0. The Morgan fingerprint density at radius 1 is 1.47 bits per heavy atom. The topological polar surface area (TPSA) is 58.0 Å². The van der Waals surface area contributed by atoms with Gasteiger partial charge in [-0.3, -0.25) is 0 Å². The molecule has 1 aromatic heterocycles. The molecule has 0 radical (unpaired) electrons. The highest BCUT2D eigenvalue weighted by Crippen LogP contribution is 2.21. The van der Waals surface area contributed by atoms with E-state index in [1.807, 2.05) is 6.92 Å². The number of anilines is 1. The van der Waals surface area contributed by atoms with Crippen LogP contribution in [0.1, 0.15) is 18.9 Å². The van der Waals surface area contributed by atoms with Crippen LogP contribution < -0.4 is 5.32 Å². The molecule has 1 unspecified atom stereocenters. The molecule has 0 saturated heterocycles. The SMILES string of the molecule is CCCc1c(Cl)ncnc1NCC(O)C(F)F. The average Bonchev–Trinajstić information content (AvgIpc) is 2.29. The van der Waals surface area contributed by atoms with Crippen molar-refractivity contribution in [2.75, 3.05) is 11.9 Å². The average molecular weight is 266 g/mol. The van der Waals surface area contributed by atoms with Gasteiger partial charge in [0, 0.05) is 12.1 Å². The van der Waals surface area contributed by atoms with E-state index in [-0.39, 0.29) is 6.54 Å². The quantitative estimate of drug-likeness (QED) is 0.774. The van der Waals surface area contributed by atoms with E-state index in [0.717, 1.165) is 6.42 Å². The van der Waals surface area contributed by atoms with Crippen LogP contribution in [-0.4, -0.2) is 34.1 Å². The van der Waals surface area contributed by atoms with Crippen LogP contribution in [0.2, 0.25) is 5.15 Å². The Morgan fingerprint density at radius 3 is 2.76 bits per heavy atom. The molecular weight excluding hydrogens is 252 g/mol. The Morgan fingerprint density at radius 2 is 2.18 bits per heavy atom. The normalized spacial score (nSPS) is 12.8. The molecule has 0 fully saturated rings. The zero-order valence-electron chi connectivity index (χ0n) is 9.33. The Hall–Kier alpha value is -1.01. The lowest BCUT2D eigenvalue weighted by atomic mass is 10.2. The summed E-state index contributed by atoms with van der Waals surface area (Å²) in [6.45, 7) is 1.68. The Kier molecular flexibility index (Phi) is 5.50. The van der Waals surface area contributed by atoms with Crippen LogP contribution in [0.5, 0.6) is 0 Å². The molecule has 96 valence electrons. The molecule has 0 spiro atoms. The van der Waals surface area contributed by atoms with Crippen molar-refractivity contribution in [1.82, 2.24) is 9.97 Å². The number of alkyl halides is 2. The number of hydrogen-bond donors (Lipinski definition) is 2. The van der Waals surface area contributed by atoms with Crippen molar-refractivity contribution in [1.29, 1.82) is 0 Å². The predicted octanol–water partition coefficient (Wildman–Crippen LogP) is 2.12. The van der Waals surface area contributed by atoms with Gasteiger partial charge in [0.1, 0.15) is 23.4 Å². The first-order valence-corrected chi connectivity index (χ1v) is 5.63. The van der Waals surface area contributed by atoms with Gasteiger partial charge in [-0.1, -0.05) is 24.9 Å². The van der Waals surface area contributed by atoms with Gasteiger partial charge < -0.3 is 10.4 Å². The lowest BCUT2D eigenvalue weighted by Crippen LogP contribution is -2.27. The van der Waals surface area contributed by atoms with E-state index in [2.05, 4.69) is 15.3 Å². The number of nitrogens with one attached hydrogen (secondary N) is 1. The van der Waals surface area contributed by atoms with Crippen molar-refractivity contribution in [3.8, 4) is 0 Å². The fraction of sp³-hybridized carbons (Fsp3) is 0.600. The standard InChI is InChI=1S/C10H14ClF2N3O/c1-2-3-6-8(11)15-5-16-10(6)14-4-7(17)9(12)13/h5,7,9,17H,2-4H2,1H3,(H,14,15,16). The number of aromatic nitrogens is 2. The molecule has 0 aromatic carbocycles. The maximum atomic E-state index is 12.1. The lowest BCUT2D eigenvalue weighted by molar-refractivity contribution is 0.00380. The highest BCUT2D eigenvalue weighted by molar-refractivity contribution is 6.30. The number of rotatable bonds is 6. The van der Waals surface area contributed by atoms with Crippen molar-refractivity contribution in [2.24, 2.45) is 0 Å². The smallest absolute Gasteiger partial charge is 0.265 e. The molecular formula is C10H14ClF2N3O. The van der Waals surface area contributed by atoms with Crippen molar-refractivity contribution < 1.29 is 13.9 Å². The number of halogens is 3. The van der Waals surface area contributed by atoms with Crippen molar-refractivity contribution >= 4 is 17.4 Å². The van der Waals surface area contributed by atoms with Crippen LogP contribution in [0.3, 0.4) is 0 Å². The van der Waals surface area contributed by atoms with Crippen LogP contribution in [0, 0.1) is 0 Å². The number of hydrogen-bond acceptors (Lipinski definition) is 4. The van der Waals surface area contributed by atoms with Crippen molar-refractivity contribution in [3.05, 3.63) is 17.0 Å². The molecule has 0 aliphatic rings. The number of aliphatic hydroxyl groups is 1. The summed E-state index contributed by atoms with van der Waals surface area (Å²) in [5.74, 6) is 0.395. The van der Waals surface area contributed by atoms with E-state index in [1.54, 1.807) is 0 Å². The van der Waals surface area contributed by atoms with Gasteiger partial charge in [0.05, 0.1) is 0 Å². The predicted molar refractivity (Wildman–Crippen MR) is 61.5 cm³/mol. The lowest BCUT2D eigenvalue weighted by Gasteiger charge is -2.14. The third kappa shape index (κ3) is 4.05. The van der Waals surface area contributed by atoms with Crippen LogP contribution in [0.25, 0.3) is 0 Å². The maximum absolute atomic E-state index is 12.1. The molecule has 17 heavy (non-hydrogen) atoms. The van der Waals surface area contributed by atoms with Crippen molar-refractivity contribution in [3.63, 3.8) is 0 Å². The fourth-order valence-electron chi connectivity index (χ4n) is 1.31. The van der Waals surface area contributed by atoms with E-state index in [1.165, 1.54) is 6.33 Å². The van der Waals surface area contributed by atoms with Gasteiger partial charge >= 0.3 is 0 Å². The van der Waals surface area contributed by atoms with Gasteiger partial charge in [-0.25, -0.2) is 18.7 Å². The summed E-state index contributed by atoms with van der Waals surface area (Å²) >= 11 is 5.88. The van der Waals surface area contributed by atoms with Gasteiger partial charge in [-0.05, 0) is 6.42 Å². The minimum Gasteiger partial charge on any atom is -0.385 e. The minimum absolute atomic E-state index is 0.276. The van der Waals surface area contributed by atoms with E-state index < -0.39 is 12.5 Å². The van der Waals surface area contributed by atoms with Crippen LogP contribution >= 0.6 is 11.6 Å². The molecule has 0 saturated carbocycles. The fourth-order valence-corrected chi connectivity index (χ4v) is 1.53. The Labute approximate surface area is 103 Å². The second-order valence-corrected chi connectivity index (χ2v) is 3.88. The summed E-state index contributed by atoms with van der Waals surface area (Å²) in [5.41, 5.74) is 0.679. The molecule has 0 bridgehead atoms. The second-order valence-electron chi connectivity index (χ2n) is 3.52. The highest BCUT2D eigenvalue weighted by Gasteiger charge is 2.17. The number of nitrogens with zero attached hydrogens (tertiary/aromatic N) is 2. The van der Waals surface area contributed by atoms with E-state index in [9.17, 15) is 8.78 Å². The maximum Gasteiger partial charge on any atom is 0.265 e. The monoisotopic (exact) mass is 265 g/mol. The highest BCUT2D eigenvalue weighted by atomic mass is 35.5. The summed E-state index contributed by atoms with van der Waals surface area (Å²) in [5, 5.41) is 11.9. The van der Waals surface area contributed by atoms with E-state index in [4.69, 9.17) is 16.7 Å². The number of aliphatic hydroxyl groups excluding tert-OH is 1. The Balaban J connectivity index is 2.73. The van der Waals surface area contributed by atoms with Crippen LogP contribution in [0.15, 0.2) is 6.33 Å². The van der Waals surface area contributed by atoms with E-state index in [0.29, 0.717) is 23.0 Å². The molecule has 1 aromatic rings. The zero-order valence-corrected chi connectivity index (χ0v) is 10.1. The third-order valence-electron chi connectivity index (χ3n) is 2.16. The first kappa shape index (κ1) is 14.1. The van der Waals surface area contributed by atoms with Gasteiger partial charge in [-0.2, -0.15) is 0 Å². The molecule has 2 N–H and O–H groups in total. The first-order valence-electron chi connectivity index (χ1n) is 5.25. The molecule has 1 heterocycles. The molecule has 7 heteroatoms. The van der Waals surface area contributed by atoms with Gasteiger partial charge in [0.15, 0.2) is 0 Å². The summed E-state index contributed by atoms with van der Waals surface area (Å²) in [7, 11) is 0. The summed E-state index contributed by atoms with van der Waals surface area (Å²) < 4.78 is 24.2. The van der Waals surface area contributed by atoms with Crippen molar-refractivity contribution in [2.45, 2.75) is 32.3 Å². The molecule has 1 rings (SSSR count).